The van der Waals surface area contributed by atoms with Gasteiger partial charge in [-0.05, 0) is 43.0 Å². The second-order valence-corrected chi connectivity index (χ2v) is 5.91. The van der Waals surface area contributed by atoms with E-state index >= 15 is 0 Å². The predicted octanol–water partition coefficient (Wildman–Crippen LogP) is 4.75. The van der Waals surface area contributed by atoms with E-state index in [4.69, 9.17) is 8.22 Å². The Hall–Kier alpha value is -2.48. The first-order valence-corrected chi connectivity index (χ1v) is 7.89. The van der Waals surface area contributed by atoms with Crippen molar-refractivity contribution in [2.24, 2.45) is 12.9 Å². The smallest absolute Gasteiger partial charge is 0.212 e. The molecule has 0 saturated heterocycles. The number of nitrogens with zero attached hydrogens (tertiary/aromatic N) is 2. The van der Waals surface area contributed by atoms with Gasteiger partial charge in [-0.1, -0.05) is 38.0 Å². The maximum Gasteiger partial charge on any atom is 0.212 e. The molecule has 2 heteroatoms. The summed E-state index contributed by atoms with van der Waals surface area (Å²) in [6.07, 6.45) is 1.06. The van der Waals surface area contributed by atoms with Crippen LogP contribution in [0.4, 0.5) is 0 Å². The van der Waals surface area contributed by atoms with Crippen molar-refractivity contribution >= 4 is 0 Å². The molecule has 0 aliphatic rings. The summed E-state index contributed by atoms with van der Waals surface area (Å²) >= 11 is 0. The molecule has 0 aliphatic heterocycles. The van der Waals surface area contributed by atoms with Crippen LogP contribution in [0, 0.1) is 12.8 Å². The minimum atomic E-state index is -2.78. The Labute approximate surface area is 153 Å². The molecular weight excluding hydrogens is 292 g/mol. The largest absolute Gasteiger partial charge is 0.261 e. The molecule has 2 aromatic heterocycles. The number of hydrogen-bond donors (Lipinski definition) is 0. The van der Waals surface area contributed by atoms with Gasteiger partial charge in [-0.15, -0.1) is 0 Å². The van der Waals surface area contributed by atoms with Crippen LogP contribution in [0.2, 0.25) is 0 Å². The van der Waals surface area contributed by atoms with Gasteiger partial charge in [0.05, 0.1) is 0 Å². The molecule has 24 heavy (non-hydrogen) atoms. The van der Waals surface area contributed by atoms with Gasteiger partial charge in [0.25, 0.3) is 0 Å². The minimum Gasteiger partial charge on any atom is -0.261 e. The van der Waals surface area contributed by atoms with Gasteiger partial charge in [-0.25, -0.2) is 4.57 Å². The van der Waals surface area contributed by atoms with E-state index < -0.39 is 19.1 Å². The molecule has 2 heterocycles. The number of aromatic nitrogens is 2. The third-order valence-electron chi connectivity index (χ3n) is 3.97. The Morgan fingerprint density at radius 2 is 1.96 bits per heavy atom. The Kier molecular flexibility index (Phi) is 3.01. The average molecular weight is 323 g/mol. The highest BCUT2D eigenvalue weighted by Crippen LogP contribution is 2.23. The van der Waals surface area contributed by atoms with Crippen LogP contribution < -0.4 is 4.57 Å². The van der Waals surface area contributed by atoms with Crippen LogP contribution in [-0.4, -0.2) is 4.98 Å². The zero-order valence-corrected chi connectivity index (χ0v) is 14.2. The van der Waals surface area contributed by atoms with E-state index in [-0.39, 0.29) is 5.69 Å². The van der Waals surface area contributed by atoms with Crippen molar-refractivity contribution in [3.63, 3.8) is 0 Å². The standard InChI is InChI=1S/C22H25N2/c1-16(2)13-20-11-9-18(14-23-20)19-10-12-22(24(4)15-19)21-8-6-5-7-17(21)3/h5-12,14-16H,13H2,1-4H3/q+1/i1D3,13D2,16D. The fourth-order valence-corrected chi connectivity index (χ4v) is 2.75. The van der Waals surface area contributed by atoms with Gasteiger partial charge in [-0.3, -0.25) is 4.98 Å². The Morgan fingerprint density at radius 1 is 1.17 bits per heavy atom. The molecule has 0 bridgehead atoms. The molecular formula is C22H25N2+. The lowest BCUT2D eigenvalue weighted by molar-refractivity contribution is -0.659. The van der Waals surface area contributed by atoms with E-state index in [1.165, 1.54) is 17.8 Å². The number of rotatable bonds is 4. The number of aryl methyl sites for hydroxylation is 2. The Morgan fingerprint density at radius 3 is 2.62 bits per heavy atom. The lowest BCUT2D eigenvalue weighted by atomic mass is 10.0. The Balaban J connectivity index is 1.94. The van der Waals surface area contributed by atoms with Crippen LogP contribution in [0.3, 0.4) is 0 Å². The highest BCUT2D eigenvalue weighted by Gasteiger charge is 2.13. The zero-order valence-electron chi connectivity index (χ0n) is 20.2. The van der Waals surface area contributed by atoms with Crippen molar-refractivity contribution < 1.29 is 12.8 Å². The van der Waals surface area contributed by atoms with Crippen LogP contribution in [0.1, 0.15) is 33.3 Å². The molecule has 122 valence electrons. The van der Waals surface area contributed by atoms with Gasteiger partial charge in [0.1, 0.15) is 7.05 Å². The summed E-state index contributed by atoms with van der Waals surface area (Å²) in [5.41, 5.74) is 5.01. The van der Waals surface area contributed by atoms with Crippen molar-refractivity contribution in [3.05, 3.63) is 72.2 Å². The van der Waals surface area contributed by atoms with Gasteiger partial charge in [0.2, 0.25) is 5.69 Å². The molecule has 0 N–H and O–H groups in total. The molecule has 1 atom stereocenters. The van der Waals surface area contributed by atoms with E-state index in [0.717, 1.165) is 29.3 Å². The first-order chi connectivity index (χ1) is 13.9. The minimum absolute atomic E-state index is 0.0687. The molecule has 0 fully saturated rings. The first kappa shape index (κ1) is 10.4. The molecule has 0 spiro atoms. The van der Waals surface area contributed by atoms with Crippen LogP contribution in [0.25, 0.3) is 22.4 Å². The zero-order chi connectivity index (χ0) is 22.3. The Bertz CT molecular complexity index is 1060. The van der Waals surface area contributed by atoms with E-state index in [1.54, 1.807) is 6.07 Å². The molecule has 3 rings (SSSR count). The van der Waals surface area contributed by atoms with Gasteiger partial charge < -0.3 is 0 Å². The third kappa shape index (κ3) is 3.53. The summed E-state index contributed by atoms with van der Waals surface area (Å²) in [4.78, 5) is 4.18. The first-order valence-electron chi connectivity index (χ1n) is 10.9. The number of hydrogen-bond acceptors (Lipinski definition) is 1. The van der Waals surface area contributed by atoms with Crippen molar-refractivity contribution in [1.29, 1.82) is 0 Å². The topological polar surface area (TPSA) is 16.8 Å². The van der Waals surface area contributed by atoms with E-state index in [9.17, 15) is 0 Å². The fourth-order valence-electron chi connectivity index (χ4n) is 2.75. The summed E-state index contributed by atoms with van der Waals surface area (Å²) in [6, 6.07) is 15.3. The van der Waals surface area contributed by atoms with Crippen molar-refractivity contribution in [2.75, 3.05) is 0 Å². The SMILES string of the molecule is [2H]C([2H])([2H])C([2H])(C)C([2H])([2H])c1ccc(-c2ccc(-c3ccccc3C)[n+](C)c2)cn1. The maximum absolute atomic E-state index is 8.23. The van der Waals surface area contributed by atoms with Crippen molar-refractivity contribution in [1.82, 2.24) is 4.98 Å². The van der Waals surface area contributed by atoms with Gasteiger partial charge in [-0.2, -0.15) is 0 Å². The highest BCUT2D eigenvalue weighted by molar-refractivity contribution is 5.65. The summed E-state index contributed by atoms with van der Waals surface area (Å²) in [5, 5.41) is 0. The average Bonchev–Trinajstić information content (AvgIpc) is 2.68. The molecule has 3 aromatic rings. The fraction of sp³-hybridized carbons (Fsp3) is 0.273. The van der Waals surface area contributed by atoms with Gasteiger partial charge in [0.15, 0.2) is 6.20 Å². The maximum atomic E-state index is 8.23. The summed E-state index contributed by atoms with van der Waals surface area (Å²) in [6.45, 7) is 0.370. The van der Waals surface area contributed by atoms with Crippen molar-refractivity contribution in [3.8, 4) is 22.4 Å². The molecule has 1 aromatic carbocycles. The summed E-state index contributed by atoms with van der Waals surface area (Å²) in [7, 11) is 1.97. The van der Waals surface area contributed by atoms with E-state index in [1.807, 2.05) is 42.1 Å². The van der Waals surface area contributed by atoms with Crippen LogP contribution in [0.5, 0.6) is 0 Å². The van der Waals surface area contributed by atoms with E-state index in [0.29, 0.717) is 0 Å². The molecule has 2 nitrogen and oxygen atoms in total. The normalized spacial score (nSPS) is 18.3. The second-order valence-electron chi connectivity index (χ2n) is 5.91. The van der Waals surface area contributed by atoms with E-state index in [2.05, 4.69) is 24.0 Å². The van der Waals surface area contributed by atoms with Gasteiger partial charge >= 0.3 is 0 Å². The number of pyridine rings is 2. The van der Waals surface area contributed by atoms with Gasteiger partial charge in [0, 0.05) is 42.9 Å². The lowest BCUT2D eigenvalue weighted by Gasteiger charge is -2.07. The second kappa shape index (κ2) is 6.96. The monoisotopic (exact) mass is 323 g/mol. The predicted molar refractivity (Wildman–Crippen MR) is 99.6 cm³/mol. The van der Waals surface area contributed by atoms with Crippen LogP contribution in [-0.2, 0) is 13.4 Å². The summed E-state index contributed by atoms with van der Waals surface area (Å²) < 4.78 is 49.2. The molecule has 0 aliphatic carbocycles. The molecule has 0 amide bonds. The molecule has 0 radical (unpaired) electrons. The number of benzene rings is 1. The van der Waals surface area contributed by atoms with Crippen LogP contribution in [0.15, 0.2) is 60.9 Å². The molecule has 0 saturated carbocycles. The third-order valence-corrected chi connectivity index (χ3v) is 3.97. The quantitative estimate of drug-likeness (QED) is 0.633. The lowest BCUT2D eigenvalue weighted by Crippen LogP contribution is -2.30. The molecule has 1 unspecified atom stereocenters. The highest BCUT2D eigenvalue weighted by atomic mass is 14.9. The van der Waals surface area contributed by atoms with Crippen molar-refractivity contribution in [2.45, 2.75) is 27.1 Å². The van der Waals surface area contributed by atoms with Crippen LogP contribution >= 0.6 is 0 Å². The summed E-state index contributed by atoms with van der Waals surface area (Å²) in [5.74, 6) is -2.32.